The monoisotopic (exact) mass is 361 g/mol. The molecular weight excluding hydrogens is 341 g/mol. The van der Waals surface area contributed by atoms with Gasteiger partial charge in [-0.25, -0.2) is 9.18 Å². The van der Waals surface area contributed by atoms with E-state index in [0.29, 0.717) is 23.4 Å². The number of anilines is 1. The first kappa shape index (κ1) is 19.2. The number of hydrogen-bond acceptors (Lipinski definition) is 4. The van der Waals surface area contributed by atoms with Gasteiger partial charge in [-0.15, -0.1) is 0 Å². The van der Waals surface area contributed by atoms with Gasteiger partial charge in [0.25, 0.3) is 5.91 Å². The molecule has 2 rings (SSSR count). The number of carboxylic acid groups (broad SMARTS) is 1. The maximum absolute atomic E-state index is 13.7. The smallest absolute Gasteiger partial charge is 0.341 e. The zero-order valence-corrected chi connectivity index (χ0v) is 14.5. The average Bonchev–Trinajstić information content (AvgIpc) is 2.61. The summed E-state index contributed by atoms with van der Waals surface area (Å²) in [5.41, 5.74) is 1.23. The Morgan fingerprint density at radius 3 is 2.58 bits per heavy atom. The van der Waals surface area contributed by atoms with Crippen molar-refractivity contribution in [3.05, 3.63) is 53.8 Å². The van der Waals surface area contributed by atoms with Crippen molar-refractivity contribution in [3.63, 3.8) is 0 Å². The number of hydrogen-bond donors (Lipinski definition) is 2. The number of carbonyl (C=O) groups excluding carboxylic acids is 1. The van der Waals surface area contributed by atoms with Crippen LogP contribution < -0.4 is 14.8 Å². The van der Waals surface area contributed by atoms with Crippen LogP contribution in [0.5, 0.6) is 11.5 Å². The van der Waals surface area contributed by atoms with E-state index in [4.69, 9.17) is 14.6 Å². The maximum Gasteiger partial charge on any atom is 0.341 e. The SMILES string of the molecule is CCC(Oc1ccccc1F)C(=O)Nc1ccc(OCC(=O)O)cc1C. The van der Waals surface area contributed by atoms with E-state index in [0.717, 1.165) is 0 Å². The molecule has 2 aromatic rings. The molecule has 1 atom stereocenters. The average molecular weight is 361 g/mol. The van der Waals surface area contributed by atoms with E-state index in [9.17, 15) is 14.0 Å². The molecule has 26 heavy (non-hydrogen) atoms. The van der Waals surface area contributed by atoms with E-state index >= 15 is 0 Å². The molecule has 1 amide bonds. The van der Waals surface area contributed by atoms with Gasteiger partial charge < -0.3 is 19.9 Å². The molecule has 0 saturated carbocycles. The van der Waals surface area contributed by atoms with E-state index < -0.39 is 30.4 Å². The predicted molar refractivity (Wildman–Crippen MR) is 94.0 cm³/mol. The van der Waals surface area contributed by atoms with Crippen molar-refractivity contribution in [3.8, 4) is 11.5 Å². The van der Waals surface area contributed by atoms with Gasteiger partial charge in [0.15, 0.2) is 24.3 Å². The van der Waals surface area contributed by atoms with Gasteiger partial charge in [0, 0.05) is 5.69 Å². The Kier molecular flexibility index (Phi) is 6.54. The van der Waals surface area contributed by atoms with E-state index in [1.165, 1.54) is 12.1 Å². The highest BCUT2D eigenvalue weighted by Gasteiger charge is 2.20. The summed E-state index contributed by atoms with van der Waals surface area (Å²) in [5.74, 6) is -1.61. The van der Waals surface area contributed by atoms with Crippen LogP contribution in [0, 0.1) is 12.7 Å². The first-order valence-electron chi connectivity index (χ1n) is 8.08. The van der Waals surface area contributed by atoms with Crippen LogP contribution in [0.4, 0.5) is 10.1 Å². The summed E-state index contributed by atoms with van der Waals surface area (Å²) in [7, 11) is 0. The van der Waals surface area contributed by atoms with E-state index in [-0.39, 0.29) is 5.75 Å². The fourth-order valence-corrected chi connectivity index (χ4v) is 2.24. The van der Waals surface area contributed by atoms with Crippen molar-refractivity contribution < 1.29 is 28.6 Å². The maximum atomic E-state index is 13.7. The van der Waals surface area contributed by atoms with Crippen LogP contribution in [0.25, 0.3) is 0 Å². The topological polar surface area (TPSA) is 84.9 Å². The van der Waals surface area contributed by atoms with Gasteiger partial charge >= 0.3 is 5.97 Å². The zero-order chi connectivity index (χ0) is 19.1. The Morgan fingerprint density at radius 2 is 1.96 bits per heavy atom. The molecular formula is C19H20FNO5. The summed E-state index contributed by atoms with van der Waals surface area (Å²) in [6, 6.07) is 10.7. The summed E-state index contributed by atoms with van der Waals surface area (Å²) in [4.78, 5) is 23.0. The molecule has 0 aliphatic carbocycles. The van der Waals surface area contributed by atoms with E-state index in [1.54, 1.807) is 44.2 Å². The van der Waals surface area contributed by atoms with Crippen molar-refractivity contribution in [2.75, 3.05) is 11.9 Å². The number of aliphatic carboxylic acids is 1. The third-order valence-electron chi connectivity index (χ3n) is 3.59. The van der Waals surface area contributed by atoms with Gasteiger partial charge in [0.2, 0.25) is 0 Å². The van der Waals surface area contributed by atoms with Gasteiger partial charge in [0.05, 0.1) is 0 Å². The summed E-state index contributed by atoms with van der Waals surface area (Å²) in [6.07, 6.45) is -0.492. The summed E-state index contributed by atoms with van der Waals surface area (Å²) in [5, 5.41) is 11.4. The molecule has 7 heteroatoms. The summed E-state index contributed by atoms with van der Waals surface area (Å²) < 4.78 is 24.3. The Bertz CT molecular complexity index is 793. The minimum absolute atomic E-state index is 0.0173. The summed E-state index contributed by atoms with van der Waals surface area (Å²) >= 11 is 0. The van der Waals surface area contributed by atoms with Crippen LogP contribution in [0.3, 0.4) is 0 Å². The number of rotatable bonds is 8. The fraction of sp³-hybridized carbons (Fsp3) is 0.263. The number of para-hydroxylation sites is 1. The van der Waals surface area contributed by atoms with Crippen LogP contribution in [0.1, 0.15) is 18.9 Å². The summed E-state index contributed by atoms with van der Waals surface area (Å²) in [6.45, 7) is 3.07. The van der Waals surface area contributed by atoms with Gasteiger partial charge in [-0.2, -0.15) is 0 Å². The highest BCUT2D eigenvalue weighted by Crippen LogP contribution is 2.23. The van der Waals surface area contributed by atoms with Crippen LogP contribution in [-0.2, 0) is 9.59 Å². The first-order valence-corrected chi connectivity index (χ1v) is 8.08. The lowest BCUT2D eigenvalue weighted by Gasteiger charge is -2.18. The third-order valence-corrected chi connectivity index (χ3v) is 3.59. The molecule has 0 saturated heterocycles. The molecule has 0 aliphatic heterocycles. The second-order valence-electron chi connectivity index (χ2n) is 5.59. The molecule has 0 aliphatic rings. The number of carboxylic acids is 1. The molecule has 2 N–H and O–H groups in total. The number of ether oxygens (including phenoxy) is 2. The van der Waals surface area contributed by atoms with Crippen molar-refractivity contribution in [2.24, 2.45) is 0 Å². The van der Waals surface area contributed by atoms with Gasteiger partial charge in [-0.3, -0.25) is 4.79 Å². The number of nitrogens with one attached hydrogen (secondary N) is 1. The Hall–Kier alpha value is -3.09. The molecule has 0 fully saturated rings. The van der Waals surface area contributed by atoms with Crippen LogP contribution >= 0.6 is 0 Å². The minimum Gasteiger partial charge on any atom is -0.482 e. The van der Waals surface area contributed by atoms with Crippen molar-refractivity contribution in [1.29, 1.82) is 0 Å². The van der Waals surface area contributed by atoms with Crippen molar-refractivity contribution in [1.82, 2.24) is 0 Å². The molecule has 0 spiro atoms. The second kappa shape index (κ2) is 8.84. The quantitative estimate of drug-likeness (QED) is 0.753. The van der Waals surface area contributed by atoms with Crippen LogP contribution in [-0.4, -0.2) is 29.7 Å². The van der Waals surface area contributed by atoms with Gasteiger partial charge in [0.1, 0.15) is 5.75 Å². The third kappa shape index (κ3) is 5.20. The number of aryl methyl sites for hydroxylation is 1. The Morgan fingerprint density at radius 1 is 1.23 bits per heavy atom. The molecule has 0 aromatic heterocycles. The number of amides is 1. The second-order valence-corrected chi connectivity index (χ2v) is 5.59. The normalized spacial score (nSPS) is 11.5. The van der Waals surface area contributed by atoms with Crippen LogP contribution in [0.2, 0.25) is 0 Å². The van der Waals surface area contributed by atoms with Gasteiger partial charge in [-0.1, -0.05) is 19.1 Å². The Balaban J connectivity index is 2.05. The number of carbonyl (C=O) groups is 2. The lowest BCUT2D eigenvalue weighted by Crippen LogP contribution is -2.32. The van der Waals surface area contributed by atoms with Gasteiger partial charge in [-0.05, 0) is 49.2 Å². The number of halogens is 1. The molecule has 0 bridgehead atoms. The largest absolute Gasteiger partial charge is 0.482 e. The molecule has 0 radical (unpaired) electrons. The molecule has 0 heterocycles. The Labute approximate surface area is 150 Å². The van der Waals surface area contributed by atoms with Crippen molar-refractivity contribution in [2.45, 2.75) is 26.4 Å². The number of benzene rings is 2. The van der Waals surface area contributed by atoms with E-state index in [2.05, 4.69) is 5.32 Å². The zero-order valence-electron chi connectivity index (χ0n) is 14.5. The van der Waals surface area contributed by atoms with Crippen LogP contribution in [0.15, 0.2) is 42.5 Å². The highest BCUT2D eigenvalue weighted by molar-refractivity contribution is 5.95. The van der Waals surface area contributed by atoms with Crippen molar-refractivity contribution >= 4 is 17.6 Å². The lowest BCUT2D eigenvalue weighted by atomic mass is 10.1. The lowest BCUT2D eigenvalue weighted by molar-refractivity contribution is -0.139. The molecule has 6 nitrogen and oxygen atoms in total. The first-order chi connectivity index (χ1) is 12.4. The standard InChI is InChI=1S/C19H20FNO5/c1-3-16(26-17-7-5-4-6-14(17)20)19(24)21-15-9-8-13(10-12(15)2)25-11-18(22)23/h4-10,16H,3,11H2,1-2H3,(H,21,24)(H,22,23). The molecule has 138 valence electrons. The molecule has 1 unspecified atom stereocenters. The van der Waals surface area contributed by atoms with E-state index in [1.807, 2.05) is 0 Å². The minimum atomic E-state index is -1.07. The fourth-order valence-electron chi connectivity index (χ4n) is 2.24. The molecule has 2 aromatic carbocycles. The predicted octanol–water partition coefficient (Wildman–Crippen LogP) is 3.39. The highest BCUT2D eigenvalue weighted by atomic mass is 19.1.